The highest BCUT2D eigenvalue weighted by Gasteiger charge is 2.25. The Morgan fingerprint density at radius 2 is 2.19 bits per heavy atom. The van der Waals surface area contributed by atoms with E-state index in [2.05, 4.69) is 67.8 Å². The molecule has 0 saturated heterocycles. The van der Waals surface area contributed by atoms with E-state index in [1.54, 1.807) is 6.20 Å². The molecule has 0 bridgehead atoms. The van der Waals surface area contributed by atoms with Gasteiger partial charge in [-0.15, -0.1) is 0 Å². The lowest BCUT2D eigenvalue weighted by Crippen LogP contribution is -2.10. The summed E-state index contributed by atoms with van der Waals surface area (Å²) in [6.07, 6.45) is 8.24. The van der Waals surface area contributed by atoms with Crippen molar-refractivity contribution in [2.75, 3.05) is 17.7 Å². The lowest BCUT2D eigenvalue weighted by atomic mass is 10.1. The highest BCUT2D eigenvalue weighted by molar-refractivity contribution is 5.79. The molecule has 2 aromatic heterocycles. The molecule has 1 saturated carbocycles. The minimum absolute atomic E-state index is 0.585. The van der Waals surface area contributed by atoms with E-state index in [-0.39, 0.29) is 0 Å². The smallest absolute Gasteiger partial charge is 0.224 e. The lowest BCUT2D eigenvalue weighted by Gasteiger charge is -2.10. The van der Waals surface area contributed by atoms with Crippen molar-refractivity contribution in [1.29, 1.82) is 0 Å². The van der Waals surface area contributed by atoms with Crippen molar-refractivity contribution in [1.82, 2.24) is 20.3 Å². The molecule has 0 aliphatic heterocycles. The zero-order valence-corrected chi connectivity index (χ0v) is 15.4. The van der Waals surface area contributed by atoms with Crippen LogP contribution >= 0.6 is 0 Å². The minimum Gasteiger partial charge on any atom is -0.391 e. The summed E-state index contributed by atoms with van der Waals surface area (Å²) in [5.74, 6) is 1.96. The summed E-state index contributed by atoms with van der Waals surface area (Å²) in [5.41, 5.74) is 4.35. The Hall–Kier alpha value is -3.28. The first-order chi connectivity index (χ1) is 13.2. The lowest BCUT2D eigenvalue weighted by molar-refractivity contribution is 0.845. The molecule has 138 valence electrons. The molecule has 3 aromatic rings. The van der Waals surface area contributed by atoms with Crippen LogP contribution in [0.1, 0.15) is 18.4 Å². The van der Waals surface area contributed by atoms with Gasteiger partial charge in [0.25, 0.3) is 0 Å². The average molecular weight is 360 g/mol. The maximum Gasteiger partial charge on any atom is 0.224 e. The summed E-state index contributed by atoms with van der Waals surface area (Å²) in [4.78, 5) is 12.0. The van der Waals surface area contributed by atoms with E-state index in [0.717, 1.165) is 17.0 Å². The van der Waals surface area contributed by atoms with Crippen LogP contribution in [0.2, 0.25) is 0 Å². The van der Waals surface area contributed by atoms with Crippen molar-refractivity contribution >= 4 is 22.7 Å². The SMILES string of the molecule is C=C(/C=C(\NC)C1CC1)Nc1ccnc(NCc2ccc3[nH]ccc3c2)n1. The molecule has 1 aliphatic carbocycles. The van der Waals surface area contributed by atoms with Crippen molar-refractivity contribution < 1.29 is 0 Å². The van der Waals surface area contributed by atoms with Crippen molar-refractivity contribution in [3.63, 3.8) is 0 Å². The van der Waals surface area contributed by atoms with Crippen molar-refractivity contribution in [3.8, 4) is 0 Å². The molecule has 0 spiro atoms. The second-order valence-corrected chi connectivity index (χ2v) is 6.79. The molecule has 2 heterocycles. The highest BCUT2D eigenvalue weighted by atomic mass is 15.1. The van der Waals surface area contributed by atoms with Gasteiger partial charge in [0.2, 0.25) is 5.95 Å². The number of aromatic amines is 1. The van der Waals surface area contributed by atoms with Crippen LogP contribution in [-0.4, -0.2) is 22.0 Å². The number of H-pyrrole nitrogens is 1. The Labute approximate surface area is 158 Å². The van der Waals surface area contributed by atoms with E-state index in [1.807, 2.05) is 19.3 Å². The average Bonchev–Trinajstić information content (AvgIpc) is 3.41. The Balaban J connectivity index is 1.38. The fourth-order valence-electron chi connectivity index (χ4n) is 3.08. The molecule has 4 rings (SSSR count). The van der Waals surface area contributed by atoms with Gasteiger partial charge in [-0.1, -0.05) is 12.6 Å². The molecule has 0 radical (unpaired) electrons. The Kier molecular flexibility index (Phi) is 4.78. The maximum atomic E-state index is 4.52. The van der Waals surface area contributed by atoms with E-state index in [9.17, 15) is 0 Å². The number of hydrogen-bond acceptors (Lipinski definition) is 5. The van der Waals surface area contributed by atoms with Crippen molar-refractivity contribution in [2.24, 2.45) is 5.92 Å². The number of benzene rings is 1. The molecule has 0 atom stereocenters. The van der Waals surface area contributed by atoms with Crippen LogP contribution in [0.5, 0.6) is 0 Å². The van der Waals surface area contributed by atoms with Gasteiger partial charge >= 0.3 is 0 Å². The van der Waals surface area contributed by atoms with E-state index in [4.69, 9.17) is 0 Å². The third-order valence-electron chi connectivity index (χ3n) is 4.65. The number of anilines is 2. The minimum atomic E-state index is 0.585. The van der Waals surface area contributed by atoms with Gasteiger partial charge in [0, 0.05) is 42.9 Å². The molecular weight excluding hydrogens is 336 g/mol. The van der Waals surface area contributed by atoms with Gasteiger partial charge in [0.15, 0.2) is 0 Å². The van der Waals surface area contributed by atoms with Crippen LogP contribution in [0.3, 0.4) is 0 Å². The van der Waals surface area contributed by atoms with Gasteiger partial charge in [-0.25, -0.2) is 4.98 Å². The first-order valence-electron chi connectivity index (χ1n) is 9.19. The monoisotopic (exact) mass is 360 g/mol. The van der Waals surface area contributed by atoms with Gasteiger partial charge in [-0.05, 0) is 60.1 Å². The number of aromatic nitrogens is 3. The molecule has 6 nitrogen and oxygen atoms in total. The highest BCUT2D eigenvalue weighted by Crippen LogP contribution is 2.35. The number of hydrogen-bond donors (Lipinski definition) is 4. The quantitative estimate of drug-likeness (QED) is 0.457. The first-order valence-corrected chi connectivity index (χ1v) is 9.19. The van der Waals surface area contributed by atoms with Gasteiger partial charge in [0.1, 0.15) is 5.82 Å². The molecule has 4 N–H and O–H groups in total. The largest absolute Gasteiger partial charge is 0.391 e. The number of nitrogens with one attached hydrogen (secondary N) is 4. The summed E-state index contributed by atoms with van der Waals surface area (Å²) < 4.78 is 0. The predicted octanol–water partition coefficient (Wildman–Crippen LogP) is 4.01. The van der Waals surface area contributed by atoms with Crippen LogP contribution in [0, 0.1) is 5.92 Å². The van der Waals surface area contributed by atoms with Crippen molar-refractivity contribution in [2.45, 2.75) is 19.4 Å². The fourth-order valence-corrected chi connectivity index (χ4v) is 3.08. The summed E-state index contributed by atoms with van der Waals surface area (Å²) in [6.45, 7) is 4.75. The molecule has 1 fully saturated rings. The molecule has 1 aromatic carbocycles. The van der Waals surface area contributed by atoms with Gasteiger partial charge < -0.3 is 20.9 Å². The molecular formula is C21H24N6. The third-order valence-corrected chi connectivity index (χ3v) is 4.65. The molecule has 0 unspecified atom stereocenters. The van der Waals surface area contributed by atoms with Gasteiger partial charge in [0.05, 0.1) is 0 Å². The van der Waals surface area contributed by atoms with Crippen molar-refractivity contribution in [3.05, 3.63) is 72.3 Å². The van der Waals surface area contributed by atoms with E-state index in [1.165, 1.54) is 29.5 Å². The Morgan fingerprint density at radius 3 is 3.00 bits per heavy atom. The standard InChI is InChI=1S/C21H24N6/c1-14(11-19(22-2)16-4-5-16)26-20-8-10-24-21(27-20)25-13-15-3-6-18-17(12-15)7-9-23-18/h3,6-12,16,22-23H,1,4-5,13H2,2H3,(H2,24,25,26,27)/b19-11-. The molecule has 1 aliphatic rings. The zero-order chi connectivity index (χ0) is 18.6. The summed E-state index contributed by atoms with van der Waals surface area (Å²) in [7, 11) is 1.95. The second-order valence-electron chi connectivity index (χ2n) is 6.79. The molecule has 6 heteroatoms. The van der Waals surface area contributed by atoms with E-state index >= 15 is 0 Å². The summed E-state index contributed by atoms with van der Waals surface area (Å²) >= 11 is 0. The number of allylic oxidation sites excluding steroid dienone is 2. The first kappa shape index (κ1) is 17.1. The van der Waals surface area contributed by atoms with Gasteiger partial charge in [-0.3, -0.25) is 0 Å². The topological polar surface area (TPSA) is 77.7 Å². The van der Waals surface area contributed by atoms with Crippen LogP contribution in [0.4, 0.5) is 11.8 Å². The summed E-state index contributed by atoms with van der Waals surface area (Å²) in [6, 6.07) is 10.2. The van der Waals surface area contributed by atoms with Crippen LogP contribution < -0.4 is 16.0 Å². The second kappa shape index (κ2) is 7.53. The Bertz CT molecular complexity index is 983. The molecule has 27 heavy (non-hydrogen) atoms. The van der Waals surface area contributed by atoms with E-state index in [0.29, 0.717) is 18.4 Å². The zero-order valence-electron chi connectivity index (χ0n) is 15.4. The van der Waals surface area contributed by atoms with Crippen LogP contribution in [-0.2, 0) is 6.54 Å². The number of rotatable bonds is 8. The number of nitrogens with zero attached hydrogens (tertiary/aromatic N) is 2. The summed E-state index contributed by atoms with van der Waals surface area (Å²) in [5, 5.41) is 11.0. The van der Waals surface area contributed by atoms with Crippen LogP contribution in [0.25, 0.3) is 10.9 Å². The fraction of sp³-hybridized carbons (Fsp3) is 0.238. The molecule has 0 amide bonds. The van der Waals surface area contributed by atoms with Gasteiger partial charge in [-0.2, -0.15) is 4.98 Å². The Morgan fingerprint density at radius 1 is 1.30 bits per heavy atom. The predicted molar refractivity (Wildman–Crippen MR) is 110 cm³/mol. The third kappa shape index (κ3) is 4.28. The normalized spacial score (nSPS) is 14.2. The van der Waals surface area contributed by atoms with E-state index < -0.39 is 0 Å². The number of fused-ring (bicyclic) bond motifs is 1. The maximum absolute atomic E-state index is 4.52. The van der Waals surface area contributed by atoms with Crippen LogP contribution in [0.15, 0.2) is 66.8 Å².